The first-order chi connectivity index (χ1) is 8.52. The summed E-state index contributed by atoms with van der Waals surface area (Å²) in [5, 5.41) is 12.5. The van der Waals surface area contributed by atoms with Crippen molar-refractivity contribution in [3.05, 3.63) is 17.5 Å². The minimum Gasteiger partial charge on any atom is -0.480 e. The van der Waals surface area contributed by atoms with Crippen molar-refractivity contribution in [2.75, 3.05) is 5.32 Å². The van der Waals surface area contributed by atoms with E-state index >= 15 is 0 Å². The van der Waals surface area contributed by atoms with Crippen LogP contribution in [0.3, 0.4) is 0 Å². The van der Waals surface area contributed by atoms with Gasteiger partial charge in [-0.2, -0.15) is 0 Å². The van der Waals surface area contributed by atoms with E-state index in [9.17, 15) is 9.90 Å². The molecule has 0 radical (unpaired) electrons. The molecule has 0 saturated heterocycles. The van der Waals surface area contributed by atoms with Crippen LogP contribution in [-0.4, -0.2) is 26.6 Å². The Morgan fingerprint density at radius 1 is 1.22 bits per heavy atom. The Balaban J connectivity index is 2.25. The Kier molecular flexibility index (Phi) is 3.50. The molecule has 0 aromatic carbocycles. The van der Waals surface area contributed by atoms with Crippen LogP contribution < -0.4 is 5.32 Å². The fourth-order valence-corrected chi connectivity index (χ4v) is 2.54. The summed E-state index contributed by atoms with van der Waals surface area (Å²) in [6.45, 7) is 3.77. The molecule has 1 fully saturated rings. The number of carbonyl (C=O) groups is 1. The number of nitrogens with one attached hydrogen (secondary N) is 1. The van der Waals surface area contributed by atoms with Gasteiger partial charge in [0.25, 0.3) is 0 Å². The van der Waals surface area contributed by atoms with Gasteiger partial charge in [0.15, 0.2) is 0 Å². The van der Waals surface area contributed by atoms with Crippen LogP contribution in [0.1, 0.15) is 43.5 Å². The first kappa shape index (κ1) is 12.8. The Morgan fingerprint density at radius 3 is 2.28 bits per heavy atom. The number of aryl methyl sites for hydroxylation is 2. The molecule has 0 unspecified atom stereocenters. The molecule has 5 heteroatoms. The summed E-state index contributed by atoms with van der Waals surface area (Å²) in [5.41, 5.74) is 0.807. The van der Waals surface area contributed by atoms with Crippen molar-refractivity contribution < 1.29 is 9.90 Å². The predicted octanol–water partition coefficient (Wildman–Crippen LogP) is 2.29. The molecule has 2 N–H and O–H groups in total. The van der Waals surface area contributed by atoms with Crippen LogP contribution in [-0.2, 0) is 4.79 Å². The fraction of sp³-hybridized carbons (Fsp3) is 0.615. The molecular formula is C13H19N3O2. The van der Waals surface area contributed by atoms with Crippen LogP contribution in [0.25, 0.3) is 0 Å². The third-order valence-corrected chi connectivity index (χ3v) is 3.45. The highest BCUT2D eigenvalue weighted by Gasteiger charge is 2.40. The highest BCUT2D eigenvalue weighted by molar-refractivity contribution is 5.82. The maximum Gasteiger partial charge on any atom is 0.329 e. The van der Waals surface area contributed by atoms with Crippen molar-refractivity contribution in [1.29, 1.82) is 0 Å². The second kappa shape index (κ2) is 4.92. The standard InChI is InChI=1S/C13H19N3O2/c1-9-8-10(2)15-12(14-9)16-13(11(17)18)6-4-3-5-7-13/h8H,3-7H2,1-2H3,(H,17,18)(H,14,15,16). The zero-order chi connectivity index (χ0) is 13.2. The zero-order valence-electron chi connectivity index (χ0n) is 10.9. The Morgan fingerprint density at radius 2 is 1.78 bits per heavy atom. The third kappa shape index (κ3) is 2.60. The van der Waals surface area contributed by atoms with E-state index in [-0.39, 0.29) is 0 Å². The molecule has 1 aliphatic carbocycles. The molecule has 0 aliphatic heterocycles. The van der Waals surface area contributed by atoms with Crippen molar-refractivity contribution >= 4 is 11.9 Å². The quantitative estimate of drug-likeness (QED) is 0.859. The fourth-order valence-electron chi connectivity index (χ4n) is 2.54. The molecule has 5 nitrogen and oxygen atoms in total. The topological polar surface area (TPSA) is 75.1 Å². The van der Waals surface area contributed by atoms with Crippen LogP contribution in [0.15, 0.2) is 6.07 Å². The number of hydrogen-bond donors (Lipinski definition) is 2. The summed E-state index contributed by atoms with van der Waals surface area (Å²) in [6, 6.07) is 1.87. The van der Waals surface area contributed by atoms with E-state index in [4.69, 9.17) is 0 Å². The minimum absolute atomic E-state index is 0.428. The van der Waals surface area contributed by atoms with Gasteiger partial charge < -0.3 is 10.4 Å². The lowest BCUT2D eigenvalue weighted by Gasteiger charge is -2.34. The maximum atomic E-state index is 11.5. The van der Waals surface area contributed by atoms with Gasteiger partial charge in [-0.25, -0.2) is 14.8 Å². The zero-order valence-corrected chi connectivity index (χ0v) is 10.9. The van der Waals surface area contributed by atoms with Crippen LogP contribution in [0.4, 0.5) is 5.95 Å². The molecule has 1 aromatic rings. The summed E-state index contributed by atoms with van der Waals surface area (Å²) >= 11 is 0. The molecule has 0 atom stereocenters. The smallest absolute Gasteiger partial charge is 0.329 e. The number of hydrogen-bond acceptors (Lipinski definition) is 4. The average molecular weight is 249 g/mol. The van der Waals surface area contributed by atoms with Crippen LogP contribution in [0.5, 0.6) is 0 Å². The molecule has 1 saturated carbocycles. The van der Waals surface area contributed by atoms with Crippen molar-refractivity contribution in [2.24, 2.45) is 0 Å². The van der Waals surface area contributed by atoms with Crippen LogP contribution in [0.2, 0.25) is 0 Å². The summed E-state index contributed by atoms with van der Waals surface area (Å²) in [4.78, 5) is 20.1. The van der Waals surface area contributed by atoms with Crippen molar-refractivity contribution in [2.45, 2.75) is 51.5 Å². The molecule has 1 aromatic heterocycles. The van der Waals surface area contributed by atoms with E-state index in [1.165, 1.54) is 0 Å². The maximum absolute atomic E-state index is 11.5. The summed E-state index contributed by atoms with van der Waals surface area (Å²) in [7, 11) is 0. The lowest BCUT2D eigenvalue weighted by atomic mass is 9.82. The Bertz CT molecular complexity index is 433. The lowest BCUT2D eigenvalue weighted by molar-refractivity contribution is -0.143. The molecular weight excluding hydrogens is 230 g/mol. The largest absolute Gasteiger partial charge is 0.480 e. The molecule has 18 heavy (non-hydrogen) atoms. The number of rotatable bonds is 3. The van der Waals surface area contributed by atoms with E-state index in [2.05, 4.69) is 15.3 Å². The van der Waals surface area contributed by atoms with Gasteiger partial charge in [-0.1, -0.05) is 19.3 Å². The molecule has 0 amide bonds. The Hall–Kier alpha value is -1.65. The Labute approximate surface area is 107 Å². The van der Waals surface area contributed by atoms with E-state index in [1.54, 1.807) is 0 Å². The second-order valence-corrected chi connectivity index (χ2v) is 5.05. The first-order valence-corrected chi connectivity index (χ1v) is 6.36. The molecule has 1 aliphatic rings. The van der Waals surface area contributed by atoms with E-state index < -0.39 is 11.5 Å². The highest BCUT2D eigenvalue weighted by Crippen LogP contribution is 2.31. The summed E-state index contributed by atoms with van der Waals surface area (Å²) in [6.07, 6.45) is 4.25. The molecule has 0 spiro atoms. The van der Waals surface area contributed by atoms with Crippen molar-refractivity contribution in [1.82, 2.24) is 9.97 Å². The lowest BCUT2D eigenvalue weighted by Crippen LogP contribution is -2.48. The van der Waals surface area contributed by atoms with E-state index in [0.717, 1.165) is 30.7 Å². The number of aromatic nitrogens is 2. The average Bonchev–Trinajstić information content (AvgIpc) is 2.28. The van der Waals surface area contributed by atoms with Gasteiger partial charge in [0.05, 0.1) is 0 Å². The molecule has 0 bridgehead atoms. The van der Waals surface area contributed by atoms with Crippen molar-refractivity contribution in [3.8, 4) is 0 Å². The van der Waals surface area contributed by atoms with E-state index in [1.807, 2.05) is 19.9 Å². The van der Waals surface area contributed by atoms with Crippen LogP contribution in [0, 0.1) is 13.8 Å². The number of anilines is 1. The van der Waals surface area contributed by atoms with E-state index in [0.29, 0.717) is 18.8 Å². The molecule has 1 heterocycles. The third-order valence-electron chi connectivity index (χ3n) is 3.45. The highest BCUT2D eigenvalue weighted by atomic mass is 16.4. The summed E-state index contributed by atoms with van der Waals surface area (Å²) in [5.74, 6) is -0.373. The number of aliphatic carboxylic acids is 1. The minimum atomic E-state index is -0.890. The molecule has 2 rings (SSSR count). The SMILES string of the molecule is Cc1cc(C)nc(NC2(C(=O)O)CCCCC2)n1. The predicted molar refractivity (Wildman–Crippen MR) is 68.6 cm³/mol. The van der Waals surface area contributed by atoms with Gasteiger partial charge in [-0.05, 0) is 32.8 Å². The normalized spacial score (nSPS) is 18.3. The van der Waals surface area contributed by atoms with Crippen molar-refractivity contribution in [3.63, 3.8) is 0 Å². The second-order valence-electron chi connectivity index (χ2n) is 5.05. The van der Waals surface area contributed by atoms with Gasteiger partial charge in [-0.15, -0.1) is 0 Å². The molecule has 98 valence electrons. The number of nitrogens with zero attached hydrogens (tertiary/aromatic N) is 2. The number of carboxylic acids is 1. The monoisotopic (exact) mass is 249 g/mol. The van der Waals surface area contributed by atoms with Gasteiger partial charge in [-0.3, -0.25) is 0 Å². The van der Waals surface area contributed by atoms with Gasteiger partial charge >= 0.3 is 5.97 Å². The van der Waals surface area contributed by atoms with Gasteiger partial charge in [0.1, 0.15) is 5.54 Å². The summed E-state index contributed by atoms with van der Waals surface area (Å²) < 4.78 is 0. The first-order valence-electron chi connectivity index (χ1n) is 6.36. The van der Waals surface area contributed by atoms with Gasteiger partial charge in [0, 0.05) is 11.4 Å². The van der Waals surface area contributed by atoms with Crippen LogP contribution >= 0.6 is 0 Å². The van der Waals surface area contributed by atoms with Gasteiger partial charge in [0.2, 0.25) is 5.95 Å². The number of carboxylic acid groups (broad SMARTS) is 1.